The minimum absolute atomic E-state index is 0.0128. The highest BCUT2D eigenvalue weighted by molar-refractivity contribution is 7.99. The number of anilines is 2. The summed E-state index contributed by atoms with van der Waals surface area (Å²) in [5.74, 6) is 0.820. The summed E-state index contributed by atoms with van der Waals surface area (Å²) in [6.07, 6.45) is 0.402. The topological polar surface area (TPSA) is 64.3 Å². The SMILES string of the molecule is COc1ccccc1Sc1cc2c(cc1N)CC(=O)N2. The van der Waals surface area contributed by atoms with Gasteiger partial charge in [0.25, 0.3) is 0 Å². The summed E-state index contributed by atoms with van der Waals surface area (Å²) in [5.41, 5.74) is 8.56. The lowest BCUT2D eigenvalue weighted by Crippen LogP contribution is -2.03. The Balaban J connectivity index is 1.96. The van der Waals surface area contributed by atoms with E-state index in [-0.39, 0.29) is 5.91 Å². The number of nitrogen functional groups attached to an aromatic ring is 1. The lowest BCUT2D eigenvalue weighted by molar-refractivity contribution is -0.115. The molecule has 20 heavy (non-hydrogen) atoms. The number of fused-ring (bicyclic) bond motifs is 1. The third-order valence-corrected chi connectivity index (χ3v) is 4.28. The first kappa shape index (κ1) is 12.9. The van der Waals surface area contributed by atoms with Crippen molar-refractivity contribution in [3.8, 4) is 5.75 Å². The number of hydrogen-bond acceptors (Lipinski definition) is 4. The van der Waals surface area contributed by atoms with E-state index in [2.05, 4.69) is 5.32 Å². The van der Waals surface area contributed by atoms with Gasteiger partial charge in [0, 0.05) is 16.3 Å². The van der Waals surface area contributed by atoms with Crippen molar-refractivity contribution < 1.29 is 9.53 Å². The number of ether oxygens (including phenoxy) is 1. The number of nitrogens with two attached hydrogens (primary N) is 1. The summed E-state index contributed by atoms with van der Waals surface area (Å²) in [6.45, 7) is 0. The molecular formula is C15H14N2O2S. The highest BCUT2D eigenvalue weighted by Gasteiger charge is 2.20. The van der Waals surface area contributed by atoms with Crippen LogP contribution in [0.2, 0.25) is 0 Å². The van der Waals surface area contributed by atoms with Gasteiger partial charge < -0.3 is 15.8 Å². The first-order valence-corrected chi connectivity index (χ1v) is 7.02. The zero-order valence-corrected chi connectivity index (χ0v) is 11.8. The Morgan fingerprint density at radius 2 is 2.05 bits per heavy atom. The molecule has 0 radical (unpaired) electrons. The van der Waals surface area contributed by atoms with Gasteiger partial charge in [-0.05, 0) is 29.8 Å². The van der Waals surface area contributed by atoms with Crippen molar-refractivity contribution in [1.82, 2.24) is 0 Å². The number of methoxy groups -OCH3 is 1. The maximum absolute atomic E-state index is 11.4. The van der Waals surface area contributed by atoms with E-state index in [1.54, 1.807) is 7.11 Å². The fourth-order valence-electron chi connectivity index (χ4n) is 2.18. The van der Waals surface area contributed by atoms with E-state index in [0.29, 0.717) is 12.1 Å². The van der Waals surface area contributed by atoms with Crippen LogP contribution in [0.4, 0.5) is 11.4 Å². The molecule has 0 saturated heterocycles. The molecule has 102 valence electrons. The zero-order valence-electron chi connectivity index (χ0n) is 11.0. The van der Waals surface area contributed by atoms with Gasteiger partial charge >= 0.3 is 0 Å². The van der Waals surface area contributed by atoms with Crippen LogP contribution in [0.25, 0.3) is 0 Å². The zero-order chi connectivity index (χ0) is 14.1. The first-order valence-electron chi connectivity index (χ1n) is 6.20. The fraction of sp³-hybridized carbons (Fsp3) is 0.133. The molecule has 1 aliphatic heterocycles. The molecule has 0 atom stereocenters. The number of hydrogen-bond donors (Lipinski definition) is 2. The molecule has 2 aromatic carbocycles. The van der Waals surface area contributed by atoms with Crippen LogP contribution in [0.5, 0.6) is 5.75 Å². The number of nitrogens with one attached hydrogen (secondary N) is 1. The number of amides is 1. The number of para-hydroxylation sites is 1. The third kappa shape index (κ3) is 2.32. The second-order valence-corrected chi connectivity index (χ2v) is 5.61. The highest BCUT2D eigenvalue weighted by Crippen LogP contribution is 2.40. The molecule has 0 fully saturated rings. The molecule has 3 rings (SSSR count). The molecular weight excluding hydrogens is 272 g/mol. The maximum Gasteiger partial charge on any atom is 0.228 e. The Morgan fingerprint density at radius 3 is 2.85 bits per heavy atom. The predicted octanol–water partition coefficient (Wildman–Crippen LogP) is 2.92. The van der Waals surface area contributed by atoms with Crippen LogP contribution >= 0.6 is 11.8 Å². The standard InChI is InChI=1S/C15H14N2O2S/c1-19-12-4-2-3-5-13(12)20-14-8-11-9(6-10(14)16)7-15(18)17-11/h2-6,8H,7,16H2,1H3,(H,17,18). The second kappa shape index (κ2) is 5.09. The van der Waals surface area contributed by atoms with E-state index < -0.39 is 0 Å². The Bertz CT molecular complexity index is 686. The summed E-state index contributed by atoms with van der Waals surface area (Å²) >= 11 is 1.53. The van der Waals surface area contributed by atoms with E-state index in [9.17, 15) is 4.79 Å². The molecule has 1 heterocycles. The van der Waals surface area contributed by atoms with Crippen LogP contribution in [0, 0.1) is 0 Å². The van der Waals surface area contributed by atoms with Gasteiger partial charge in [-0.1, -0.05) is 23.9 Å². The molecule has 0 saturated carbocycles. The molecule has 4 nitrogen and oxygen atoms in total. The van der Waals surface area contributed by atoms with Crippen LogP contribution in [0.3, 0.4) is 0 Å². The molecule has 0 aromatic heterocycles. The minimum atomic E-state index is 0.0128. The van der Waals surface area contributed by atoms with Gasteiger partial charge in [0.1, 0.15) is 5.75 Å². The van der Waals surface area contributed by atoms with E-state index in [0.717, 1.165) is 26.8 Å². The minimum Gasteiger partial charge on any atom is -0.496 e. The van der Waals surface area contributed by atoms with Gasteiger partial charge in [-0.2, -0.15) is 0 Å². The first-order chi connectivity index (χ1) is 9.67. The summed E-state index contributed by atoms with van der Waals surface area (Å²) in [7, 11) is 1.64. The quantitative estimate of drug-likeness (QED) is 0.852. The van der Waals surface area contributed by atoms with E-state index in [4.69, 9.17) is 10.5 Å². The smallest absolute Gasteiger partial charge is 0.228 e. The van der Waals surface area contributed by atoms with Gasteiger partial charge in [0.05, 0.1) is 18.4 Å². The van der Waals surface area contributed by atoms with Gasteiger partial charge in [-0.3, -0.25) is 4.79 Å². The van der Waals surface area contributed by atoms with Gasteiger partial charge in [0.2, 0.25) is 5.91 Å². The predicted molar refractivity (Wildman–Crippen MR) is 80.3 cm³/mol. The van der Waals surface area contributed by atoms with Crippen molar-refractivity contribution >= 4 is 29.0 Å². The molecule has 0 bridgehead atoms. The number of carbonyl (C=O) groups excluding carboxylic acids is 1. The maximum atomic E-state index is 11.4. The molecule has 2 aromatic rings. The highest BCUT2D eigenvalue weighted by atomic mass is 32.2. The summed E-state index contributed by atoms with van der Waals surface area (Å²) in [6, 6.07) is 11.6. The van der Waals surface area contributed by atoms with Crippen molar-refractivity contribution in [1.29, 1.82) is 0 Å². The average molecular weight is 286 g/mol. The van der Waals surface area contributed by atoms with Crippen molar-refractivity contribution in [3.05, 3.63) is 42.0 Å². The Hall–Kier alpha value is -2.14. The van der Waals surface area contributed by atoms with E-state index in [1.807, 2.05) is 36.4 Å². The van der Waals surface area contributed by atoms with Crippen molar-refractivity contribution in [3.63, 3.8) is 0 Å². The largest absolute Gasteiger partial charge is 0.496 e. The molecule has 0 spiro atoms. The molecule has 3 N–H and O–H groups in total. The van der Waals surface area contributed by atoms with Gasteiger partial charge in [-0.15, -0.1) is 0 Å². The van der Waals surface area contributed by atoms with E-state index in [1.165, 1.54) is 11.8 Å². The molecule has 0 unspecified atom stereocenters. The Morgan fingerprint density at radius 1 is 1.25 bits per heavy atom. The van der Waals surface area contributed by atoms with Crippen molar-refractivity contribution in [2.24, 2.45) is 0 Å². The number of benzene rings is 2. The lowest BCUT2D eigenvalue weighted by Gasteiger charge is -2.11. The number of carbonyl (C=O) groups is 1. The van der Waals surface area contributed by atoms with Crippen LogP contribution < -0.4 is 15.8 Å². The monoisotopic (exact) mass is 286 g/mol. The van der Waals surface area contributed by atoms with Crippen molar-refractivity contribution in [2.45, 2.75) is 16.2 Å². The second-order valence-electron chi connectivity index (χ2n) is 4.53. The Labute approximate surface area is 121 Å². The van der Waals surface area contributed by atoms with Crippen LogP contribution in [-0.2, 0) is 11.2 Å². The fourth-order valence-corrected chi connectivity index (χ4v) is 3.17. The number of rotatable bonds is 3. The summed E-state index contributed by atoms with van der Waals surface area (Å²) < 4.78 is 5.34. The van der Waals surface area contributed by atoms with Gasteiger partial charge in [-0.25, -0.2) is 0 Å². The normalized spacial score (nSPS) is 12.9. The average Bonchev–Trinajstić information content (AvgIpc) is 2.79. The molecule has 0 aliphatic carbocycles. The van der Waals surface area contributed by atoms with Crippen LogP contribution in [-0.4, -0.2) is 13.0 Å². The van der Waals surface area contributed by atoms with Gasteiger partial charge in [0.15, 0.2) is 0 Å². The lowest BCUT2D eigenvalue weighted by atomic mass is 10.1. The van der Waals surface area contributed by atoms with Crippen molar-refractivity contribution in [2.75, 3.05) is 18.2 Å². The Kier molecular flexibility index (Phi) is 3.28. The summed E-state index contributed by atoms with van der Waals surface area (Å²) in [4.78, 5) is 13.3. The molecule has 1 amide bonds. The molecule has 5 heteroatoms. The molecule has 1 aliphatic rings. The summed E-state index contributed by atoms with van der Waals surface area (Å²) in [5, 5.41) is 2.84. The third-order valence-electron chi connectivity index (χ3n) is 3.15. The van der Waals surface area contributed by atoms with Crippen LogP contribution in [0.1, 0.15) is 5.56 Å². The van der Waals surface area contributed by atoms with E-state index >= 15 is 0 Å². The van der Waals surface area contributed by atoms with Crippen LogP contribution in [0.15, 0.2) is 46.2 Å².